The monoisotopic (exact) mass is 295 g/mol. The van der Waals surface area contributed by atoms with E-state index in [0.29, 0.717) is 12.5 Å². The molecule has 0 saturated heterocycles. The van der Waals surface area contributed by atoms with E-state index in [9.17, 15) is 4.79 Å². The van der Waals surface area contributed by atoms with Gasteiger partial charge in [0, 0.05) is 38.1 Å². The summed E-state index contributed by atoms with van der Waals surface area (Å²) in [6, 6.07) is 4.32. The van der Waals surface area contributed by atoms with E-state index in [-0.39, 0.29) is 12.1 Å². The number of hydrogen-bond donors (Lipinski definition) is 2. The Balaban J connectivity index is 2.43. The number of rotatable bonds is 6. The van der Waals surface area contributed by atoms with Gasteiger partial charge in [0.2, 0.25) is 0 Å². The molecule has 0 saturated carbocycles. The lowest BCUT2D eigenvalue weighted by atomic mass is 10.0. The number of nitrogens with one attached hydrogen (secondary N) is 2. The van der Waals surface area contributed by atoms with E-state index in [1.165, 1.54) is 5.69 Å². The van der Waals surface area contributed by atoms with E-state index in [0.717, 1.165) is 6.54 Å². The number of alkyl carbamates (subject to hydrolysis) is 1. The molecule has 120 valence electrons. The van der Waals surface area contributed by atoms with Crippen molar-refractivity contribution in [1.29, 1.82) is 0 Å². The van der Waals surface area contributed by atoms with E-state index < -0.39 is 5.60 Å². The van der Waals surface area contributed by atoms with Gasteiger partial charge in [0.25, 0.3) is 0 Å². The minimum atomic E-state index is -0.464. The molecule has 5 heteroatoms. The van der Waals surface area contributed by atoms with Crippen LogP contribution in [-0.4, -0.2) is 28.8 Å². The fourth-order valence-corrected chi connectivity index (χ4v) is 1.97. The molecule has 0 aromatic carbocycles. The highest BCUT2D eigenvalue weighted by molar-refractivity contribution is 5.67. The van der Waals surface area contributed by atoms with Crippen LogP contribution in [0.15, 0.2) is 18.3 Å². The van der Waals surface area contributed by atoms with Crippen molar-refractivity contribution in [3.63, 3.8) is 0 Å². The molecule has 1 amide bonds. The van der Waals surface area contributed by atoms with Gasteiger partial charge in [-0.1, -0.05) is 13.8 Å². The second-order valence-electron chi connectivity index (χ2n) is 6.72. The van der Waals surface area contributed by atoms with Crippen molar-refractivity contribution in [2.24, 2.45) is 13.0 Å². The van der Waals surface area contributed by atoms with Crippen molar-refractivity contribution in [2.45, 2.75) is 52.8 Å². The van der Waals surface area contributed by atoms with Gasteiger partial charge >= 0.3 is 6.09 Å². The van der Waals surface area contributed by atoms with E-state index in [2.05, 4.69) is 35.1 Å². The van der Waals surface area contributed by atoms with Crippen molar-refractivity contribution in [3.8, 4) is 0 Å². The molecular weight excluding hydrogens is 266 g/mol. The van der Waals surface area contributed by atoms with Crippen LogP contribution in [0, 0.1) is 5.92 Å². The van der Waals surface area contributed by atoms with Gasteiger partial charge < -0.3 is 19.9 Å². The molecule has 0 bridgehead atoms. The summed E-state index contributed by atoms with van der Waals surface area (Å²) >= 11 is 0. The molecule has 1 rings (SSSR count). The number of aryl methyl sites for hydroxylation is 1. The standard InChI is InChI=1S/C16H29N3O2/c1-12(2)14(11-18-15(20)21-16(3,4)5)17-10-13-8-7-9-19(13)6/h7-9,12,14,17H,10-11H2,1-6H3,(H,18,20). The van der Waals surface area contributed by atoms with E-state index in [1.807, 2.05) is 40.1 Å². The van der Waals surface area contributed by atoms with Gasteiger partial charge in [0.05, 0.1) is 0 Å². The lowest BCUT2D eigenvalue weighted by Gasteiger charge is -2.25. The summed E-state index contributed by atoms with van der Waals surface area (Å²) in [6.07, 6.45) is 1.66. The molecule has 0 radical (unpaired) electrons. The van der Waals surface area contributed by atoms with Gasteiger partial charge in [-0.2, -0.15) is 0 Å². The zero-order valence-corrected chi connectivity index (χ0v) is 14.1. The number of ether oxygens (including phenoxy) is 1. The minimum Gasteiger partial charge on any atom is -0.444 e. The third kappa shape index (κ3) is 6.67. The van der Waals surface area contributed by atoms with Crippen LogP contribution in [0.1, 0.15) is 40.3 Å². The van der Waals surface area contributed by atoms with Crippen LogP contribution in [0.3, 0.4) is 0 Å². The average molecular weight is 295 g/mol. The first kappa shape index (κ1) is 17.6. The number of hydrogen-bond acceptors (Lipinski definition) is 3. The van der Waals surface area contributed by atoms with Gasteiger partial charge in [-0.3, -0.25) is 0 Å². The van der Waals surface area contributed by atoms with Crippen molar-refractivity contribution in [3.05, 3.63) is 24.0 Å². The molecule has 1 aromatic heterocycles. The van der Waals surface area contributed by atoms with Gasteiger partial charge in [0.1, 0.15) is 5.60 Å². The molecule has 0 spiro atoms. The second-order valence-corrected chi connectivity index (χ2v) is 6.72. The van der Waals surface area contributed by atoms with Gasteiger partial charge in [-0.25, -0.2) is 4.79 Å². The van der Waals surface area contributed by atoms with E-state index in [4.69, 9.17) is 4.74 Å². The molecule has 0 aliphatic carbocycles. The fourth-order valence-electron chi connectivity index (χ4n) is 1.97. The molecule has 1 atom stereocenters. The summed E-state index contributed by atoms with van der Waals surface area (Å²) in [7, 11) is 2.03. The minimum absolute atomic E-state index is 0.201. The SMILES string of the molecule is CC(C)C(CNC(=O)OC(C)(C)C)NCc1cccn1C. The maximum absolute atomic E-state index is 11.7. The summed E-state index contributed by atoms with van der Waals surface area (Å²) in [5.41, 5.74) is 0.756. The summed E-state index contributed by atoms with van der Waals surface area (Å²) in [5.74, 6) is 0.417. The zero-order valence-electron chi connectivity index (χ0n) is 14.1. The zero-order chi connectivity index (χ0) is 16.0. The maximum atomic E-state index is 11.7. The van der Waals surface area contributed by atoms with Crippen LogP contribution in [0.25, 0.3) is 0 Å². The number of nitrogens with zero attached hydrogens (tertiary/aromatic N) is 1. The van der Waals surface area contributed by atoms with Crippen molar-refractivity contribution in [1.82, 2.24) is 15.2 Å². The first-order valence-corrected chi connectivity index (χ1v) is 7.49. The third-order valence-corrected chi connectivity index (χ3v) is 3.27. The van der Waals surface area contributed by atoms with Crippen LogP contribution in [0.4, 0.5) is 4.79 Å². The lowest BCUT2D eigenvalue weighted by molar-refractivity contribution is 0.0519. The van der Waals surface area contributed by atoms with E-state index in [1.54, 1.807) is 0 Å². The summed E-state index contributed by atoms with van der Waals surface area (Å²) in [6.45, 7) is 11.2. The first-order valence-electron chi connectivity index (χ1n) is 7.49. The number of amides is 1. The summed E-state index contributed by atoms with van der Waals surface area (Å²) in [5, 5.41) is 6.32. The topological polar surface area (TPSA) is 55.3 Å². The highest BCUT2D eigenvalue weighted by Crippen LogP contribution is 2.08. The number of carbonyl (C=O) groups is 1. The average Bonchev–Trinajstić information content (AvgIpc) is 2.72. The van der Waals surface area contributed by atoms with E-state index >= 15 is 0 Å². The maximum Gasteiger partial charge on any atom is 0.407 e. The molecule has 1 heterocycles. The molecule has 1 aromatic rings. The van der Waals surface area contributed by atoms with Crippen LogP contribution < -0.4 is 10.6 Å². The molecule has 1 unspecified atom stereocenters. The predicted octanol–water partition coefficient (Wildman–Crippen LogP) is 2.66. The molecular formula is C16H29N3O2. The Labute approximate surface area is 128 Å². The Morgan fingerprint density at radius 3 is 2.52 bits per heavy atom. The first-order chi connectivity index (χ1) is 9.69. The van der Waals surface area contributed by atoms with Crippen molar-refractivity contribution in [2.75, 3.05) is 6.54 Å². The normalized spacial score (nSPS) is 13.3. The predicted molar refractivity (Wildman–Crippen MR) is 85.1 cm³/mol. The van der Waals surface area contributed by atoms with Crippen molar-refractivity contribution < 1.29 is 9.53 Å². The van der Waals surface area contributed by atoms with Crippen LogP contribution >= 0.6 is 0 Å². The molecule has 0 aliphatic rings. The fraction of sp³-hybridized carbons (Fsp3) is 0.688. The molecule has 0 fully saturated rings. The molecule has 21 heavy (non-hydrogen) atoms. The Bertz CT molecular complexity index is 447. The van der Waals surface area contributed by atoms with Gasteiger partial charge in [-0.05, 0) is 38.8 Å². The quantitative estimate of drug-likeness (QED) is 0.848. The number of aromatic nitrogens is 1. The highest BCUT2D eigenvalue weighted by Gasteiger charge is 2.18. The second kappa shape index (κ2) is 7.50. The summed E-state index contributed by atoms with van der Waals surface area (Å²) < 4.78 is 7.34. The molecule has 0 aliphatic heterocycles. The largest absolute Gasteiger partial charge is 0.444 e. The van der Waals surface area contributed by atoms with Crippen LogP contribution in [0.2, 0.25) is 0 Å². The number of carbonyl (C=O) groups excluding carboxylic acids is 1. The Kier molecular flexibility index (Phi) is 6.27. The van der Waals surface area contributed by atoms with Crippen LogP contribution in [-0.2, 0) is 18.3 Å². The Morgan fingerprint density at radius 1 is 1.38 bits per heavy atom. The highest BCUT2D eigenvalue weighted by atomic mass is 16.6. The lowest BCUT2D eigenvalue weighted by Crippen LogP contribution is -2.45. The summed E-state index contributed by atoms with van der Waals surface area (Å²) in [4.78, 5) is 11.7. The van der Waals surface area contributed by atoms with Crippen LogP contribution in [0.5, 0.6) is 0 Å². The van der Waals surface area contributed by atoms with Gasteiger partial charge in [-0.15, -0.1) is 0 Å². The molecule has 5 nitrogen and oxygen atoms in total. The smallest absolute Gasteiger partial charge is 0.407 e. The third-order valence-electron chi connectivity index (χ3n) is 3.27. The molecule has 2 N–H and O–H groups in total. The Morgan fingerprint density at radius 2 is 2.05 bits per heavy atom. The van der Waals surface area contributed by atoms with Crippen molar-refractivity contribution >= 4 is 6.09 Å². The Hall–Kier alpha value is -1.49. The van der Waals surface area contributed by atoms with Gasteiger partial charge in [0.15, 0.2) is 0 Å².